The number of aromatic nitrogens is 2. The normalized spacial score (nSPS) is 13.9. The molecular weight excluding hydrogens is 326 g/mol. The highest BCUT2D eigenvalue weighted by Crippen LogP contribution is 2.26. The van der Waals surface area contributed by atoms with Crippen LogP contribution in [0.3, 0.4) is 0 Å². The van der Waals surface area contributed by atoms with E-state index in [9.17, 15) is 13.2 Å². The van der Waals surface area contributed by atoms with E-state index < -0.39 is 15.6 Å². The first kappa shape index (κ1) is 15.1. The van der Waals surface area contributed by atoms with E-state index in [1.807, 2.05) is 6.07 Å². The molecule has 0 radical (unpaired) electrons. The highest BCUT2D eigenvalue weighted by Gasteiger charge is 2.21. The first-order chi connectivity index (χ1) is 10.4. The molecule has 1 aliphatic rings. The molecule has 0 fully saturated rings. The molecular formula is C14H14ClN3O3S. The van der Waals surface area contributed by atoms with Gasteiger partial charge in [0, 0.05) is 7.05 Å². The van der Waals surface area contributed by atoms with Crippen molar-refractivity contribution in [2.24, 2.45) is 7.05 Å². The SMILES string of the molecule is Cn1cnc(Cl)c(NS(=O)(=O)c2ccc3c(c2)CCC3)c1=O. The van der Waals surface area contributed by atoms with Crippen LogP contribution in [0.25, 0.3) is 0 Å². The molecule has 2 aromatic rings. The van der Waals surface area contributed by atoms with Gasteiger partial charge in [0.25, 0.3) is 15.6 Å². The van der Waals surface area contributed by atoms with Crippen LogP contribution in [0.15, 0.2) is 34.2 Å². The summed E-state index contributed by atoms with van der Waals surface area (Å²) in [6.45, 7) is 0. The van der Waals surface area contributed by atoms with Crippen molar-refractivity contribution in [2.75, 3.05) is 4.72 Å². The minimum atomic E-state index is -3.88. The zero-order chi connectivity index (χ0) is 15.9. The Bertz CT molecular complexity index is 906. The van der Waals surface area contributed by atoms with Crippen LogP contribution in [-0.2, 0) is 29.9 Å². The molecule has 6 nitrogen and oxygen atoms in total. The molecule has 0 aliphatic heterocycles. The largest absolute Gasteiger partial charge is 0.301 e. The van der Waals surface area contributed by atoms with E-state index in [1.165, 1.54) is 18.9 Å². The van der Waals surface area contributed by atoms with Crippen LogP contribution in [0, 0.1) is 0 Å². The second-order valence-corrected chi connectivity index (χ2v) is 7.26. The summed E-state index contributed by atoms with van der Waals surface area (Å²) in [5, 5.41) is -0.173. The molecule has 1 heterocycles. The number of benzene rings is 1. The molecule has 1 N–H and O–H groups in total. The molecule has 8 heteroatoms. The van der Waals surface area contributed by atoms with Gasteiger partial charge in [-0.15, -0.1) is 0 Å². The molecule has 0 atom stereocenters. The Labute approximate surface area is 132 Å². The Morgan fingerprint density at radius 3 is 2.77 bits per heavy atom. The van der Waals surface area contributed by atoms with E-state index in [0.29, 0.717) is 0 Å². The quantitative estimate of drug-likeness (QED) is 0.863. The van der Waals surface area contributed by atoms with Crippen molar-refractivity contribution in [3.05, 3.63) is 51.2 Å². The molecule has 0 saturated carbocycles. The summed E-state index contributed by atoms with van der Waals surface area (Å²) in [6, 6.07) is 5.01. The highest BCUT2D eigenvalue weighted by atomic mass is 35.5. The van der Waals surface area contributed by atoms with Crippen LogP contribution >= 0.6 is 11.6 Å². The van der Waals surface area contributed by atoms with Gasteiger partial charge in [-0.05, 0) is 42.5 Å². The van der Waals surface area contributed by atoms with Gasteiger partial charge in [-0.1, -0.05) is 17.7 Å². The summed E-state index contributed by atoms with van der Waals surface area (Å²) in [4.78, 5) is 15.9. The van der Waals surface area contributed by atoms with Gasteiger partial charge >= 0.3 is 0 Å². The Morgan fingerprint density at radius 2 is 2.00 bits per heavy atom. The molecule has 0 saturated heterocycles. The third kappa shape index (κ3) is 2.62. The number of rotatable bonds is 3. The van der Waals surface area contributed by atoms with E-state index in [1.54, 1.807) is 12.1 Å². The number of fused-ring (bicyclic) bond motifs is 1. The lowest BCUT2D eigenvalue weighted by atomic mass is 10.1. The van der Waals surface area contributed by atoms with Gasteiger partial charge in [-0.25, -0.2) is 13.4 Å². The topological polar surface area (TPSA) is 81.1 Å². The van der Waals surface area contributed by atoms with Crippen molar-refractivity contribution < 1.29 is 8.42 Å². The number of anilines is 1. The maximum Gasteiger partial charge on any atom is 0.279 e. The Kier molecular flexibility index (Phi) is 3.70. The van der Waals surface area contributed by atoms with Gasteiger partial charge in [0.2, 0.25) is 0 Å². The van der Waals surface area contributed by atoms with Gasteiger partial charge in [-0.2, -0.15) is 0 Å². The fraction of sp³-hybridized carbons (Fsp3) is 0.286. The van der Waals surface area contributed by atoms with E-state index in [4.69, 9.17) is 11.6 Å². The predicted octanol–water partition coefficient (Wildman–Crippen LogP) is 1.72. The second kappa shape index (κ2) is 5.40. The lowest BCUT2D eigenvalue weighted by molar-refractivity contribution is 0.601. The van der Waals surface area contributed by atoms with Gasteiger partial charge in [0.05, 0.1) is 11.2 Å². The molecule has 22 heavy (non-hydrogen) atoms. The number of nitrogens with one attached hydrogen (secondary N) is 1. The molecule has 1 aliphatic carbocycles. The van der Waals surface area contributed by atoms with Crippen LogP contribution in [0.2, 0.25) is 5.15 Å². The Morgan fingerprint density at radius 1 is 1.27 bits per heavy atom. The highest BCUT2D eigenvalue weighted by molar-refractivity contribution is 7.92. The fourth-order valence-corrected chi connectivity index (χ4v) is 3.86. The zero-order valence-corrected chi connectivity index (χ0v) is 13.4. The number of hydrogen-bond donors (Lipinski definition) is 1. The lowest BCUT2D eigenvalue weighted by Crippen LogP contribution is -2.25. The van der Waals surface area contributed by atoms with Crippen molar-refractivity contribution in [3.63, 3.8) is 0 Å². The molecule has 116 valence electrons. The molecule has 3 rings (SSSR count). The number of halogens is 1. The lowest BCUT2D eigenvalue weighted by Gasteiger charge is -2.10. The standard InChI is InChI=1S/C14H14ClN3O3S/c1-18-8-16-13(15)12(14(18)19)17-22(20,21)11-6-5-9-3-2-4-10(9)7-11/h5-8,17H,2-4H2,1H3. The molecule has 0 spiro atoms. The molecule has 1 aromatic heterocycles. The average Bonchev–Trinajstić information content (AvgIpc) is 2.95. The summed E-state index contributed by atoms with van der Waals surface area (Å²) >= 11 is 5.84. The van der Waals surface area contributed by atoms with Crippen molar-refractivity contribution >= 4 is 27.3 Å². The van der Waals surface area contributed by atoms with Crippen molar-refractivity contribution in [2.45, 2.75) is 24.2 Å². The van der Waals surface area contributed by atoms with E-state index in [-0.39, 0.29) is 15.7 Å². The first-order valence-electron chi connectivity index (χ1n) is 6.74. The monoisotopic (exact) mass is 339 g/mol. The minimum absolute atomic E-state index is 0.120. The van der Waals surface area contributed by atoms with Gasteiger partial charge < -0.3 is 4.57 Å². The number of hydrogen-bond acceptors (Lipinski definition) is 4. The van der Waals surface area contributed by atoms with Gasteiger partial charge in [-0.3, -0.25) is 9.52 Å². The van der Waals surface area contributed by atoms with Crippen LogP contribution in [0.1, 0.15) is 17.5 Å². The van der Waals surface area contributed by atoms with Crippen LogP contribution in [-0.4, -0.2) is 18.0 Å². The molecule has 0 unspecified atom stereocenters. The van der Waals surface area contributed by atoms with E-state index >= 15 is 0 Å². The van der Waals surface area contributed by atoms with Gasteiger partial charge in [0.15, 0.2) is 10.8 Å². The van der Waals surface area contributed by atoms with Crippen LogP contribution < -0.4 is 10.3 Å². The smallest absolute Gasteiger partial charge is 0.279 e. The Hall–Kier alpha value is -1.86. The number of aryl methyl sites for hydroxylation is 3. The summed E-state index contributed by atoms with van der Waals surface area (Å²) in [5.74, 6) is 0. The van der Waals surface area contributed by atoms with E-state index in [2.05, 4.69) is 9.71 Å². The van der Waals surface area contributed by atoms with Gasteiger partial charge in [0.1, 0.15) is 0 Å². The second-order valence-electron chi connectivity index (χ2n) is 5.22. The van der Waals surface area contributed by atoms with Crippen molar-refractivity contribution in [3.8, 4) is 0 Å². The predicted molar refractivity (Wildman–Crippen MR) is 83.8 cm³/mol. The molecule has 0 amide bonds. The summed E-state index contributed by atoms with van der Waals surface area (Å²) in [7, 11) is -2.41. The average molecular weight is 340 g/mol. The van der Waals surface area contributed by atoms with Crippen LogP contribution in [0.4, 0.5) is 5.69 Å². The third-order valence-corrected chi connectivity index (χ3v) is 5.34. The maximum atomic E-state index is 12.5. The number of nitrogens with zero attached hydrogens (tertiary/aromatic N) is 2. The summed E-state index contributed by atoms with van der Waals surface area (Å²) < 4.78 is 28.3. The Balaban J connectivity index is 2.02. The zero-order valence-electron chi connectivity index (χ0n) is 11.8. The number of sulfonamides is 1. The summed E-state index contributed by atoms with van der Waals surface area (Å²) in [5.41, 5.74) is 1.42. The first-order valence-corrected chi connectivity index (χ1v) is 8.60. The van der Waals surface area contributed by atoms with Crippen molar-refractivity contribution in [1.82, 2.24) is 9.55 Å². The fourth-order valence-electron chi connectivity index (χ4n) is 2.51. The molecule has 0 bridgehead atoms. The molecule has 1 aromatic carbocycles. The van der Waals surface area contributed by atoms with E-state index in [0.717, 1.165) is 29.4 Å². The maximum absolute atomic E-state index is 12.5. The summed E-state index contributed by atoms with van der Waals surface area (Å²) in [6.07, 6.45) is 4.10. The van der Waals surface area contributed by atoms with Crippen molar-refractivity contribution in [1.29, 1.82) is 0 Å². The minimum Gasteiger partial charge on any atom is -0.301 e. The van der Waals surface area contributed by atoms with Crippen LogP contribution in [0.5, 0.6) is 0 Å². The third-order valence-electron chi connectivity index (χ3n) is 3.70.